The lowest BCUT2D eigenvalue weighted by atomic mass is 9.76. The monoisotopic (exact) mass is 250 g/mol. The van der Waals surface area contributed by atoms with Gasteiger partial charge in [-0.05, 0) is 37.8 Å². The SMILES string of the molecule is CC1(C)CC(=O)CC(=NCCN2CCCCC2)C1. The maximum absolute atomic E-state index is 11.7. The van der Waals surface area contributed by atoms with Gasteiger partial charge in [0.1, 0.15) is 5.78 Å². The number of carbonyl (C=O) groups excluding carboxylic acids is 1. The normalized spacial score (nSPS) is 27.7. The van der Waals surface area contributed by atoms with E-state index in [1.807, 2.05) is 0 Å². The van der Waals surface area contributed by atoms with Gasteiger partial charge in [0.2, 0.25) is 0 Å². The van der Waals surface area contributed by atoms with Gasteiger partial charge in [-0.2, -0.15) is 0 Å². The summed E-state index contributed by atoms with van der Waals surface area (Å²) < 4.78 is 0. The molecule has 2 aliphatic rings. The molecular weight excluding hydrogens is 224 g/mol. The number of aliphatic imine (C=N–C) groups is 1. The standard InChI is InChI=1S/C15H26N2O/c1-15(2)11-13(10-14(18)12-15)16-6-9-17-7-4-3-5-8-17/h3-12H2,1-2H3. The summed E-state index contributed by atoms with van der Waals surface area (Å²) in [7, 11) is 0. The van der Waals surface area contributed by atoms with Crippen molar-refractivity contribution >= 4 is 11.5 Å². The first kappa shape index (κ1) is 13.7. The number of Topliss-reactive ketones (excluding diaryl/α,β-unsaturated/α-hetero) is 1. The van der Waals surface area contributed by atoms with Gasteiger partial charge in [0.25, 0.3) is 0 Å². The van der Waals surface area contributed by atoms with Crippen LogP contribution in [0.15, 0.2) is 4.99 Å². The second-order valence-corrected chi connectivity index (χ2v) is 6.58. The predicted molar refractivity (Wildman–Crippen MR) is 75.2 cm³/mol. The lowest BCUT2D eigenvalue weighted by molar-refractivity contribution is -0.120. The van der Waals surface area contributed by atoms with Crippen molar-refractivity contribution in [2.75, 3.05) is 26.2 Å². The van der Waals surface area contributed by atoms with Crippen LogP contribution in [-0.4, -0.2) is 42.6 Å². The van der Waals surface area contributed by atoms with Crippen LogP contribution >= 0.6 is 0 Å². The zero-order chi connectivity index (χ0) is 13.0. The van der Waals surface area contributed by atoms with Crippen molar-refractivity contribution < 1.29 is 4.79 Å². The molecule has 0 unspecified atom stereocenters. The number of hydrogen-bond acceptors (Lipinski definition) is 3. The molecule has 1 heterocycles. The van der Waals surface area contributed by atoms with Gasteiger partial charge in [-0.1, -0.05) is 20.3 Å². The zero-order valence-corrected chi connectivity index (χ0v) is 11.9. The van der Waals surface area contributed by atoms with E-state index >= 15 is 0 Å². The van der Waals surface area contributed by atoms with Crippen molar-refractivity contribution in [1.29, 1.82) is 0 Å². The van der Waals surface area contributed by atoms with Gasteiger partial charge in [0, 0.05) is 25.1 Å². The summed E-state index contributed by atoms with van der Waals surface area (Å²) in [6.07, 6.45) is 6.37. The van der Waals surface area contributed by atoms with Crippen molar-refractivity contribution in [3.05, 3.63) is 0 Å². The Morgan fingerprint density at radius 2 is 1.89 bits per heavy atom. The molecule has 0 radical (unpaired) electrons. The van der Waals surface area contributed by atoms with Gasteiger partial charge in [-0.3, -0.25) is 9.79 Å². The van der Waals surface area contributed by atoms with Gasteiger partial charge in [-0.15, -0.1) is 0 Å². The molecule has 0 N–H and O–H groups in total. The van der Waals surface area contributed by atoms with Crippen molar-refractivity contribution in [1.82, 2.24) is 4.90 Å². The summed E-state index contributed by atoms with van der Waals surface area (Å²) in [6.45, 7) is 8.75. The summed E-state index contributed by atoms with van der Waals surface area (Å²) in [5.41, 5.74) is 1.26. The van der Waals surface area contributed by atoms with E-state index < -0.39 is 0 Å². The Morgan fingerprint density at radius 1 is 1.17 bits per heavy atom. The molecule has 102 valence electrons. The molecular formula is C15H26N2O. The summed E-state index contributed by atoms with van der Waals surface area (Å²) in [4.78, 5) is 18.8. The number of likely N-dealkylation sites (tertiary alicyclic amines) is 1. The molecule has 0 aromatic heterocycles. The third-order valence-corrected chi connectivity index (χ3v) is 3.96. The molecule has 0 atom stereocenters. The van der Waals surface area contributed by atoms with Gasteiger partial charge < -0.3 is 4.90 Å². The number of hydrogen-bond donors (Lipinski definition) is 0. The van der Waals surface area contributed by atoms with Crippen LogP contribution in [0.25, 0.3) is 0 Å². The van der Waals surface area contributed by atoms with Gasteiger partial charge in [-0.25, -0.2) is 0 Å². The predicted octanol–water partition coefficient (Wildman–Crippen LogP) is 2.69. The number of rotatable bonds is 3. The summed E-state index contributed by atoms with van der Waals surface area (Å²) >= 11 is 0. The van der Waals surface area contributed by atoms with Crippen LogP contribution in [0, 0.1) is 5.41 Å². The Kier molecular flexibility index (Phi) is 4.55. The Balaban J connectivity index is 1.79. The van der Waals surface area contributed by atoms with Crippen molar-refractivity contribution in [3.8, 4) is 0 Å². The van der Waals surface area contributed by atoms with E-state index in [4.69, 9.17) is 0 Å². The van der Waals surface area contributed by atoms with Gasteiger partial charge in [0.05, 0.1) is 6.54 Å². The largest absolute Gasteiger partial charge is 0.301 e. The fraction of sp³-hybridized carbons (Fsp3) is 0.867. The zero-order valence-electron chi connectivity index (χ0n) is 11.9. The highest BCUT2D eigenvalue weighted by Gasteiger charge is 2.30. The topological polar surface area (TPSA) is 32.7 Å². The van der Waals surface area contributed by atoms with E-state index in [-0.39, 0.29) is 5.41 Å². The number of nitrogens with zero attached hydrogens (tertiary/aromatic N) is 2. The molecule has 1 aliphatic carbocycles. The first-order chi connectivity index (χ1) is 8.55. The van der Waals surface area contributed by atoms with Gasteiger partial charge >= 0.3 is 0 Å². The molecule has 3 heteroatoms. The van der Waals surface area contributed by atoms with Crippen LogP contribution < -0.4 is 0 Å². The molecule has 0 aromatic carbocycles. The van der Waals surface area contributed by atoms with E-state index in [0.29, 0.717) is 12.2 Å². The molecule has 0 bridgehead atoms. The van der Waals surface area contributed by atoms with Gasteiger partial charge in [0.15, 0.2) is 0 Å². The van der Waals surface area contributed by atoms with Crippen molar-refractivity contribution in [3.63, 3.8) is 0 Å². The fourth-order valence-electron chi connectivity index (χ4n) is 3.15. The average Bonchev–Trinajstić information content (AvgIpc) is 2.27. The van der Waals surface area contributed by atoms with E-state index in [1.165, 1.54) is 32.4 Å². The highest BCUT2D eigenvalue weighted by Crippen LogP contribution is 2.31. The third kappa shape index (κ3) is 4.20. The quantitative estimate of drug-likeness (QED) is 0.771. The Bertz CT molecular complexity index is 327. The van der Waals surface area contributed by atoms with E-state index in [1.54, 1.807) is 0 Å². The molecule has 3 nitrogen and oxygen atoms in total. The first-order valence-electron chi connectivity index (χ1n) is 7.31. The van der Waals surface area contributed by atoms with Crippen molar-refractivity contribution in [2.24, 2.45) is 10.4 Å². The summed E-state index contributed by atoms with van der Waals surface area (Å²) in [5, 5.41) is 0. The third-order valence-electron chi connectivity index (χ3n) is 3.96. The summed E-state index contributed by atoms with van der Waals surface area (Å²) in [5.74, 6) is 0.364. The highest BCUT2D eigenvalue weighted by molar-refractivity contribution is 6.04. The Labute approximate surface area is 111 Å². The highest BCUT2D eigenvalue weighted by atomic mass is 16.1. The Hall–Kier alpha value is -0.700. The van der Waals surface area contributed by atoms with Crippen molar-refractivity contribution in [2.45, 2.75) is 52.4 Å². The van der Waals surface area contributed by atoms with E-state index in [2.05, 4.69) is 23.7 Å². The molecule has 2 fully saturated rings. The smallest absolute Gasteiger partial charge is 0.139 e. The Morgan fingerprint density at radius 3 is 2.56 bits per heavy atom. The van der Waals surface area contributed by atoms with Crippen LogP contribution in [0.1, 0.15) is 52.4 Å². The average molecular weight is 250 g/mol. The molecule has 18 heavy (non-hydrogen) atoms. The fourth-order valence-corrected chi connectivity index (χ4v) is 3.15. The molecule has 0 aromatic rings. The first-order valence-corrected chi connectivity index (χ1v) is 7.31. The van der Waals surface area contributed by atoms with Crippen LogP contribution in [0.3, 0.4) is 0 Å². The van der Waals surface area contributed by atoms with Crippen LogP contribution in [0.5, 0.6) is 0 Å². The number of carbonyl (C=O) groups is 1. The van der Waals surface area contributed by atoms with Crippen LogP contribution in [-0.2, 0) is 4.79 Å². The molecule has 1 saturated heterocycles. The van der Waals surface area contributed by atoms with E-state index in [0.717, 1.165) is 31.6 Å². The molecule has 2 rings (SSSR count). The minimum Gasteiger partial charge on any atom is -0.301 e. The molecule has 0 spiro atoms. The minimum absolute atomic E-state index is 0.124. The molecule has 1 saturated carbocycles. The lowest BCUT2D eigenvalue weighted by Gasteiger charge is -2.30. The number of piperidine rings is 1. The maximum Gasteiger partial charge on any atom is 0.139 e. The molecule has 0 amide bonds. The number of ketones is 1. The summed E-state index contributed by atoms with van der Waals surface area (Å²) in [6, 6.07) is 0. The molecule has 1 aliphatic heterocycles. The van der Waals surface area contributed by atoms with Crippen LogP contribution in [0.2, 0.25) is 0 Å². The maximum atomic E-state index is 11.7. The lowest BCUT2D eigenvalue weighted by Crippen LogP contribution is -2.33. The minimum atomic E-state index is 0.124. The van der Waals surface area contributed by atoms with Crippen LogP contribution in [0.4, 0.5) is 0 Å². The van der Waals surface area contributed by atoms with E-state index in [9.17, 15) is 4.79 Å². The second-order valence-electron chi connectivity index (χ2n) is 6.58. The second kappa shape index (κ2) is 5.96.